The number of nitrogens with two attached hydrogens (primary N) is 1. The number of hydrogen-bond acceptors (Lipinski definition) is 4. The number of nitrogens with zero attached hydrogens (tertiary/aromatic N) is 1. The Labute approximate surface area is 169 Å². The van der Waals surface area contributed by atoms with Gasteiger partial charge in [0.1, 0.15) is 6.04 Å². The van der Waals surface area contributed by atoms with E-state index in [-0.39, 0.29) is 23.3 Å². The summed E-state index contributed by atoms with van der Waals surface area (Å²) in [6, 6.07) is -1.97. The standard InChI is InChI=1S/C21H39N3O4/c1-12(2)14(11-13(3)19(27)28)24(10)18(26)16(21(7,8)9)23-17(25)15(22)20(4,5)6/h11-12,14-16H,22H2,1-10H3,(H,23,25)(H,27,28)/b13-11+. The molecule has 0 heterocycles. The molecular weight excluding hydrogens is 358 g/mol. The fraction of sp³-hybridized carbons (Fsp3) is 0.762. The Bertz CT molecular complexity index is 612. The highest BCUT2D eigenvalue weighted by Crippen LogP contribution is 2.25. The van der Waals surface area contributed by atoms with Gasteiger partial charge in [-0.3, -0.25) is 9.59 Å². The maximum Gasteiger partial charge on any atom is 0.331 e. The summed E-state index contributed by atoms with van der Waals surface area (Å²) in [4.78, 5) is 38.7. The summed E-state index contributed by atoms with van der Waals surface area (Å²) in [6.07, 6.45) is 1.58. The maximum absolute atomic E-state index is 13.3. The Hall–Kier alpha value is -1.89. The van der Waals surface area contributed by atoms with Crippen LogP contribution >= 0.6 is 0 Å². The van der Waals surface area contributed by atoms with Crippen LogP contribution in [-0.2, 0) is 14.4 Å². The van der Waals surface area contributed by atoms with Crippen molar-refractivity contribution in [1.82, 2.24) is 10.2 Å². The van der Waals surface area contributed by atoms with Crippen molar-refractivity contribution in [3.63, 3.8) is 0 Å². The summed E-state index contributed by atoms with van der Waals surface area (Å²) in [7, 11) is 1.63. The average Bonchev–Trinajstić information content (AvgIpc) is 2.52. The fourth-order valence-electron chi connectivity index (χ4n) is 2.70. The highest BCUT2D eigenvalue weighted by molar-refractivity contribution is 5.91. The molecule has 0 aliphatic heterocycles. The van der Waals surface area contributed by atoms with Crippen molar-refractivity contribution < 1.29 is 19.5 Å². The maximum atomic E-state index is 13.3. The van der Waals surface area contributed by atoms with E-state index in [9.17, 15) is 19.5 Å². The van der Waals surface area contributed by atoms with Crippen LogP contribution in [0.15, 0.2) is 11.6 Å². The van der Waals surface area contributed by atoms with Crippen LogP contribution in [0.3, 0.4) is 0 Å². The zero-order chi connectivity index (χ0) is 22.6. The molecule has 3 unspecified atom stereocenters. The molecule has 0 aromatic rings. The van der Waals surface area contributed by atoms with E-state index in [0.717, 1.165) is 0 Å². The van der Waals surface area contributed by atoms with E-state index in [4.69, 9.17) is 5.73 Å². The van der Waals surface area contributed by atoms with Crippen LogP contribution < -0.4 is 11.1 Å². The molecule has 0 aliphatic carbocycles. The first-order valence-corrected chi connectivity index (χ1v) is 9.65. The third-order valence-corrected chi connectivity index (χ3v) is 4.85. The van der Waals surface area contributed by atoms with Crippen molar-refractivity contribution >= 4 is 17.8 Å². The molecule has 0 bridgehead atoms. The van der Waals surface area contributed by atoms with Crippen molar-refractivity contribution in [3.05, 3.63) is 11.6 Å². The lowest BCUT2D eigenvalue weighted by molar-refractivity contribution is -0.141. The first-order chi connectivity index (χ1) is 12.4. The van der Waals surface area contributed by atoms with Gasteiger partial charge in [-0.2, -0.15) is 0 Å². The molecule has 0 aromatic carbocycles. The second kappa shape index (κ2) is 9.54. The second-order valence-corrected chi connectivity index (χ2v) is 9.99. The molecule has 0 rings (SSSR count). The monoisotopic (exact) mass is 397 g/mol. The van der Waals surface area contributed by atoms with Gasteiger partial charge in [-0.05, 0) is 23.7 Å². The van der Waals surface area contributed by atoms with Crippen LogP contribution in [0, 0.1) is 16.7 Å². The van der Waals surface area contributed by atoms with E-state index in [1.165, 1.54) is 11.8 Å². The van der Waals surface area contributed by atoms with Gasteiger partial charge in [0.05, 0.1) is 12.1 Å². The number of likely N-dealkylation sites (N-methyl/N-ethyl adjacent to an activating group) is 1. The number of aliphatic carboxylic acids is 1. The van der Waals surface area contributed by atoms with Crippen LogP contribution in [0.4, 0.5) is 0 Å². The average molecular weight is 398 g/mol. The zero-order valence-corrected chi connectivity index (χ0v) is 19.1. The van der Waals surface area contributed by atoms with Crippen LogP contribution in [0.1, 0.15) is 62.3 Å². The molecule has 0 radical (unpaired) electrons. The van der Waals surface area contributed by atoms with Gasteiger partial charge in [-0.1, -0.05) is 61.5 Å². The zero-order valence-electron chi connectivity index (χ0n) is 19.1. The SMILES string of the molecule is C/C(=C\C(C(C)C)N(C)C(=O)C(NC(=O)C(N)C(C)(C)C)C(C)(C)C)C(=O)O. The van der Waals surface area contributed by atoms with Crippen LogP contribution in [0.25, 0.3) is 0 Å². The van der Waals surface area contributed by atoms with Gasteiger partial charge in [-0.15, -0.1) is 0 Å². The van der Waals surface area contributed by atoms with Crippen LogP contribution in [-0.4, -0.2) is 53.0 Å². The predicted octanol–water partition coefficient (Wildman–Crippen LogP) is 2.40. The third-order valence-electron chi connectivity index (χ3n) is 4.85. The highest BCUT2D eigenvalue weighted by Gasteiger charge is 2.39. The van der Waals surface area contributed by atoms with Gasteiger partial charge < -0.3 is 21.1 Å². The summed E-state index contributed by atoms with van der Waals surface area (Å²) >= 11 is 0. The summed E-state index contributed by atoms with van der Waals surface area (Å²) in [6.45, 7) is 16.5. The smallest absolute Gasteiger partial charge is 0.331 e. The van der Waals surface area contributed by atoms with E-state index < -0.39 is 34.9 Å². The minimum atomic E-state index is -1.02. The molecule has 0 fully saturated rings. The Balaban J connectivity index is 5.81. The lowest BCUT2D eigenvalue weighted by Crippen LogP contribution is -2.60. The molecule has 162 valence electrons. The molecular formula is C21H39N3O4. The van der Waals surface area contributed by atoms with Crippen LogP contribution in [0.5, 0.6) is 0 Å². The fourth-order valence-corrected chi connectivity index (χ4v) is 2.70. The number of carbonyl (C=O) groups is 3. The van der Waals surface area contributed by atoms with Gasteiger partial charge in [0.15, 0.2) is 0 Å². The first-order valence-electron chi connectivity index (χ1n) is 9.65. The van der Waals surface area contributed by atoms with E-state index >= 15 is 0 Å². The molecule has 28 heavy (non-hydrogen) atoms. The van der Waals surface area contributed by atoms with Gasteiger partial charge in [0.25, 0.3) is 0 Å². The van der Waals surface area contributed by atoms with Crippen molar-refractivity contribution in [3.8, 4) is 0 Å². The Kier molecular flexibility index (Phi) is 8.90. The molecule has 2 amide bonds. The van der Waals surface area contributed by atoms with Crippen molar-refractivity contribution in [1.29, 1.82) is 0 Å². The summed E-state index contributed by atoms with van der Waals surface area (Å²) < 4.78 is 0. The summed E-state index contributed by atoms with van der Waals surface area (Å²) in [5, 5.41) is 12.0. The van der Waals surface area contributed by atoms with E-state index in [1.807, 2.05) is 55.4 Å². The van der Waals surface area contributed by atoms with Crippen LogP contribution in [0.2, 0.25) is 0 Å². The van der Waals surface area contributed by atoms with Gasteiger partial charge in [0, 0.05) is 12.6 Å². The number of carboxylic acid groups (broad SMARTS) is 1. The molecule has 0 saturated heterocycles. The molecule has 7 nitrogen and oxygen atoms in total. The lowest BCUT2D eigenvalue weighted by atomic mass is 9.83. The number of hydrogen-bond donors (Lipinski definition) is 3. The minimum Gasteiger partial charge on any atom is -0.478 e. The molecule has 0 spiro atoms. The van der Waals surface area contributed by atoms with E-state index in [0.29, 0.717) is 0 Å². The number of rotatable bonds is 7. The second-order valence-electron chi connectivity index (χ2n) is 9.99. The third kappa shape index (κ3) is 7.26. The van der Waals surface area contributed by atoms with Gasteiger partial charge in [0.2, 0.25) is 11.8 Å². The van der Waals surface area contributed by atoms with Crippen molar-refractivity contribution in [2.24, 2.45) is 22.5 Å². The Morgan fingerprint density at radius 3 is 1.82 bits per heavy atom. The molecule has 4 N–H and O–H groups in total. The highest BCUT2D eigenvalue weighted by atomic mass is 16.4. The largest absolute Gasteiger partial charge is 0.478 e. The molecule has 7 heteroatoms. The van der Waals surface area contributed by atoms with E-state index in [1.54, 1.807) is 13.1 Å². The molecule has 0 saturated carbocycles. The first kappa shape index (κ1) is 26.1. The molecule has 3 atom stereocenters. The molecule has 0 aliphatic rings. The quantitative estimate of drug-likeness (QED) is 0.571. The van der Waals surface area contributed by atoms with Gasteiger partial charge in [-0.25, -0.2) is 4.79 Å². The summed E-state index contributed by atoms with van der Waals surface area (Å²) in [5.41, 5.74) is 5.24. The minimum absolute atomic E-state index is 0.00333. The Morgan fingerprint density at radius 1 is 1.04 bits per heavy atom. The van der Waals surface area contributed by atoms with Gasteiger partial charge >= 0.3 is 5.97 Å². The normalized spacial score (nSPS) is 16.4. The van der Waals surface area contributed by atoms with E-state index in [2.05, 4.69) is 5.32 Å². The number of carboxylic acids is 1. The lowest BCUT2D eigenvalue weighted by Gasteiger charge is -2.38. The Morgan fingerprint density at radius 2 is 1.50 bits per heavy atom. The number of carbonyl (C=O) groups excluding carboxylic acids is 2. The predicted molar refractivity (Wildman–Crippen MR) is 112 cm³/mol. The summed E-state index contributed by atoms with van der Waals surface area (Å²) in [5.74, 6) is -1.69. The van der Waals surface area contributed by atoms with Crippen molar-refractivity contribution in [2.75, 3.05) is 7.05 Å². The van der Waals surface area contributed by atoms with Crippen molar-refractivity contribution in [2.45, 2.75) is 80.4 Å². The topological polar surface area (TPSA) is 113 Å². The molecule has 0 aromatic heterocycles. The number of amides is 2. The number of nitrogens with one attached hydrogen (secondary N) is 1.